The minimum Gasteiger partial charge on any atom is -0.295 e. The Labute approximate surface area is 94.0 Å². The first kappa shape index (κ1) is 10.4. The van der Waals surface area contributed by atoms with Crippen molar-refractivity contribution in [2.75, 3.05) is 0 Å². The van der Waals surface area contributed by atoms with Gasteiger partial charge in [-0.05, 0) is 36.5 Å². The summed E-state index contributed by atoms with van der Waals surface area (Å²) in [4.78, 5) is 11.8. The molecule has 0 N–H and O–H groups in total. The molecule has 1 aliphatic carbocycles. The lowest BCUT2D eigenvalue weighted by Gasteiger charge is -2.07. The van der Waals surface area contributed by atoms with Gasteiger partial charge in [0.05, 0.1) is 0 Å². The summed E-state index contributed by atoms with van der Waals surface area (Å²) in [7, 11) is 0. The highest BCUT2D eigenvalue weighted by molar-refractivity contribution is 5.95. The molecule has 0 heterocycles. The molecular formula is C14H20O. The predicted octanol–water partition coefficient (Wildman–Crippen LogP) is 3.82. The average molecular weight is 206 g/mol. The summed E-state index contributed by atoms with van der Waals surface area (Å²) >= 11 is 0. The summed E-state index contributed by atoms with van der Waals surface area (Å²) in [5.41, 5.74) is 1.92. The first-order valence-corrected chi connectivity index (χ1v) is 5.51. The molecular weight excluding hydrogens is 184 g/mol. The first-order chi connectivity index (χ1) is 7.50. The monoisotopic (exact) mass is 206 g/mol. The number of rotatable bonds is 5. The standard InChI is InChI=1S/C14H20O/c1-4-11(2)9-14(15)12(3)10-13-7-5-6-8-13/h5,7-8,10-11H,4,6,9H2,1-3H3/b12-10+/i4T. The second-order valence-corrected chi connectivity index (χ2v) is 4.11. The highest BCUT2D eigenvalue weighted by atomic mass is 16.1. The predicted molar refractivity (Wildman–Crippen MR) is 64.7 cm³/mol. The maximum absolute atomic E-state index is 11.8. The largest absolute Gasteiger partial charge is 0.295 e. The van der Waals surface area contributed by atoms with Gasteiger partial charge in [0.15, 0.2) is 5.78 Å². The Morgan fingerprint density at radius 2 is 2.47 bits per heavy atom. The molecule has 0 spiro atoms. The topological polar surface area (TPSA) is 17.1 Å². The number of carbonyl (C=O) groups excluding carboxylic acids is 1. The van der Waals surface area contributed by atoms with Crippen molar-refractivity contribution in [3.05, 3.63) is 35.5 Å². The average Bonchev–Trinajstić information content (AvgIpc) is 2.69. The van der Waals surface area contributed by atoms with Gasteiger partial charge >= 0.3 is 0 Å². The Hall–Kier alpha value is -1.11. The molecule has 0 fully saturated rings. The molecule has 1 nitrogen and oxygen atoms in total. The molecule has 0 aromatic heterocycles. The van der Waals surface area contributed by atoms with E-state index in [1.165, 1.54) is 0 Å². The van der Waals surface area contributed by atoms with Gasteiger partial charge in [0.2, 0.25) is 0 Å². The lowest BCUT2D eigenvalue weighted by Crippen LogP contribution is -2.05. The number of carbonyl (C=O) groups is 1. The summed E-state index contributed by atoms with van der Waals surface area (Å²) in [5.74, 6) is 0.289. The summed E-state index contributed by atoms with van der Waals surface area (Å²) in [5, 5.41) is 0. The highest BCUT2D eigenvalue weighted by Gasteiger charge is 2.09. The second-order valence-electron chi connectivity index (χ2n) is 4.11. The van der Waals surface area contributed by atoms with Crippen LogP contribution < -0.4 is 0 Å². The highest BCUT2D eigenvalue weighted by Crippen LogP contribution is 2.15. The molecule has 2 atom stereocenters. The fourth-order valence-corrected chi connectivity index (χ4v) is 1.49. The molecule has 1 rings (SSSR count). The second kappa shape index (κ2) is 5.69. The van der Waals surface area contributed by atoms with Crippen LogP contribution in [0.3, 0.4) is 0 Å². The molecule has 82 valence electrons. The van der Waals surface area contributed by atoms with Gasteiger partial charge in [0.25, 0.3) is 0 Å². The fraction of sp³-hybridized carbons (Fsp3) is 0.500. The maximum atomic E-state index is 11.8. The van der Waals surface area contributed by atoms with E-state index >= 15 is 0 Å². The van der Waals surface area contributed by atoms with Crippen LogP contribution in [0.2, 0.25) is 0 Å². The molecule has 0 bridgehead atoms. The van der Waals surface area contributed by atoms with E-state index in [0.29, 0.717) is 6.42 Å². The van der Waals surface area contributed by atoms with Crippen LogP contribution in [0.5, 0.6) is 0 Å². The summed E-state index contributed by atoms with van der Waals surface area (Å²) in [6.45, 7) is 5.65. The van der Waals surface area contributed by atoms with Gasteiger partial charge < -0.3 is 0 Å². The smallest absolute Gasteiger partial charge is 0.158 e. The van der Waals surface area contributed by atoms with Gasteiger partial charge in [0, 0.05) is 7.79 Å². The van der Waals surface area contributed by atoms with Crippen LogP contribution in [-0.4, -0.2) is 5.78 Å². The van der Waals surface area contributed by atoms with Crippen LogP contribution in [-0.2, 0) is 4.79 Å². The Morgan fingerprint density at radius 1 is 1.73 bits per heavy atom. The SMILES string of the molecule is [3H]C(C)C(C)CC(=O)/C(C)=C/C1=CCC=C1. The zero-order valence-corrected chi connectivity index (χ0v) is 9.79. The van der Waals surface area contributed by atoms with Crippen molar-refractivity contribution in [1.82, 2.24) is 0 Å². The van der Waals surface area contributed by atoms with Gasteiger partial charge in [-0.15, -0.1) is 0 Å². The Morgan fingerprint density at radius 3 is 3.00 bits per heavy atom. The van der Waals surface area contributed by atoms with Gasteiger partial charge in [-0.1, -0.05) is 38.5 Å². The number of allylic oxidation sites excluding steroid dienone is 6. The molecule has 0 saturated carbocycles. The third kappa shape index (κ3) is 3.86. The number of Topliss-reactive ketones (excluding diaryl/α,β-unsaturated/α-hetero) is 1. The summed E-state index contributed by atoms with van der Waals surface area (Å²) in [6, 6.07) is 0. The number of ketones is 1. The van der Waals surface area contributed by atoms with Crippen molar-refractivity contribution in [3.63, 3.8) is 0 Å². The molecule has 2 unspecified atom stereocenters. The van der Waals surface area contributed by atoms with Gasteiger partial charge in [-0.2, -0.15) is 0 Å². The van der Waals surface area contributed by atoms with Gasteiger partial charge in [-0.3, -0.25) is 4.79 Å². The lowest BCUT2D eigenvalue weighted by molar-refractivity contribution is -0.116. The van der Waals surface area contributed by atoms with Crippen LogP contribution >= 0.6 is 0 Å². The van der Waals surface area contributed by atoms with Crippen LogP contribution in [0.25, 0.3) is 0 Å². The van der Waals surface area contributed by atoms with Crippen molar-refractivity contribution < 1.29 is 6.17 Å². The molecule has 0 radical (unpaired) electrons. The van der Waals surface area contributed by atoms with Gasteiger partial charge in [0.1, 0.15) is 0 Å². The molecule has 0 aromatic carbocycles. The Kier molecular flexibility index (Phi) is 3.95. The van der Waals surface area contributed by atoms with E-state index in [4.69, 9.17) is 1.37 Å². The van der Waals surface area contributed by atoms with E-state index in [-0.39, 0.29) is 18.1 Å². The third-order valence-electron chi connectivity index (χ3n) is 2.70. The van der Waals surface area contributed by atoms with E-state index in [1.807, 2.05) is 32.9 Å². The van der Waals surface area contributed by atoms with Crippen LogP contribution in [0.1, 0.15) is 41.4 Å². The molecule has 0 saturated heterocycles. The minimum absolute atomic E-state index is 0.129. The van der Waals surface area contributed by atoms with E-state index < -0.39 is 0 Å². The maximum Gasteiger partial charge on any atom is 0.158 e. The normalized spacial score (nSPS) is 20.9. The van der Waals surface area contributed by atoms with E-state index in [9.17, 15) is 4.79 Å². The molecule has 15 heavy (non-hydrogen) atoms. The molecule has 0 aliphatic heterocycles. The number of hydrogen-bond donors (Lipinski definition) is 0. The summed E-state index contributed by atoms with van der Waals surface area (Å²) in [6.07, 6.45) is 9.42. The van der Waals surface area contributed by atoms with Crippen LogP contribution in [0.4, 0.5) is 0 Å². The summed E-state index contributed by atoms with van der Waals surface area (Å²) < 4.78 is 7.55. The zero-order valence-electron chi connectivity index (χ0n) is 10.8. The zero-order chi connectivity index (χ0) is 12.1. The Balaban J connectivity index is 2.57. The minimum atomic E-state index is -0.178. The van der Waals surface area contributed by atoms with Crippen LogP contribution in [0.15, 0.2) is 35.5 Å². The lowest BCUT2D eigenvalue weighted by atomic mass is 9.97. The molecule has 0 amide bonds. The van der Waals surface area contributed by atoms with E-state index in [2.05, 4.69) is 12.2 Å². The van der Waals surface area contributed by atoms with Crippen molar-refractivity contribution in [3.8, 4) is 0 Å². The number of hydrogen-bond acceptors (Lipinski definition) is 1. The molecule has 0 aromatic rings. The van der Waals surface area contributed by atoms with Crippen molar-refractivity contribution in [2.24, 2.45) is 5.92 Å². The van der Waals surface area contributed by atoms with Gasteiger partial charge in [-0.25, -0.2) is 0 Å². The van der Waals surface area contributed by atoms with Crippen LogP contribution in [0, 0.1) is 5.92 Å². The van der Waals surface area contributed by atoms with Crippen molar-refractivity contribution in [1.29, 1.82) is 0 Å². The van der Waals surface area contributed by atoms with E-state index in [0.717, 1.165) is 17.6 Å². The molecule has 1 heteroatoms. The fourth-order valence-electron chi connectivity index (χ4n) is 1.49. The van der Waals surface area contributed by atoms with Crippen molar-refractivity contribution >= 4 is 5.78 Å². The first-order valence-electron chi connectivity index (χ1n) is 6.09. The van der Waals surface area contributed by atoms with Crippen molar-refractivity contribution in [2.45, 2.75) is 40.0 Å². The Bertz CT molecular complexity index is 348. The van der Waals surface area contributed by atoms with E-state index in [1.54, 1.807) is 0 Å². The quantitative estimate of drug-likeness (QED) is 0.625. The molecule has 1 aliphatic rings. The third-order valence-corrected chi connectivity index (χ3v) is 2.70.